The number of piperazine rings is 1. The third kappa shape index (κ3) is 6.05. The van der Waals surface area contributed by atoms with Crippen molar-refractivity contribution < 1.29 is 14.3 Å². The number of amides is 2. The fraction of sp³-hybridized carbons (Fsp3) is 0.733. The van der Waals surface area contributed by atoms with Crippen LogP contribution in [0.25, 0.3) is 0 Å². The maximum absolute atomic E-state index is 11.9. The lowest BCUT2D eigenvalue weighted by Gasteiger charge is -2.34. The molecule has 1 aliphatic heterocycles. The fourth-order valence-electron chi connectivity index (χ4n) is 2.05. The van der Waals surface area contributed by atoms with Crippen molar-refractivity contribution in [2.24, 2.45) is 0 Å². The minimum absolute atomic E-state index is 0.105. The predicted molar refractivity (Wildman–Crippen MR) is 80.5 cm³/mol. The molecular weight excluding hydrogens is 270 g/mol. The van der Waals surface area contributed by atoms with Gasteiger partial charge in [-0.25, -0.2) is 9.69 Å². The van der Waals surface area contributed by atoms with E-state index in [1.165, 1.54) is 4.90 Å². The summed E-state index contributed by atoms with van der Waals surface area (Å²) in [6, 6.07) is 2.36. The highest BCUT2D eigenvalue weighted by molar-refractivity contribution is 5.73. The minimum Gasteiger partial charge on any atom is -0.443 e. The second-order valence-corrected chi connectivity index (χ2v) is 6.11. The number of ether oxygens (including phenoxy) is 1. The Hall–Kier alpha value is -1.74. The molecule has 0 saturated carbocycles. The summed E-state index contributed by atoms with van der Waals surface area (Å²) < 4.78 is 5.25. The van der Waals surface area contributed by atoms with E-state index < -0.39 is 11.7 Å². The Morgan fingerprint density at radius 3 is 2.24 bits per heavy atom. The standard InChI is InChI=1S/C15H25N3O3/c1-6-17(14(20)21-15(3,4)5)10-7-16-8-11-18(12-9-16)13(2)19/h1H,7-12H2,2-5H3. The second kappa shape index (κ2) is 7.32. The van der Waals surface area contributed by atoms with Crippen molar-refractivity contribution in [3.8, 4) is 12.5 Å². The average molecular weight is 295 g/mol. The highest BCUT2D eigenvalue weighted by Crippen LogP contribution is 2.10. The zero-order chi connectivity index (χ0) is 16.0. The molecule has 0 aromatic carbocycles. The topological polar surface area (TPSA) is 53.1 Å². The number of rotatable bonds is 3. The second-order valence-electron chi connectivity index (χ2n) is 6.11. The van der Waals surface area contributed by atoms with E-state index in [-0.39, 0.29) is 5.91 Å². The van der Waals surface area contributed by atoms with Crippen LogP contribution in [0.5, 0.6) is 0 Å². The summed E-state index contributed by atoms with van der Waals surface area (Å²) in [5, 5.41) is 0. The third-order valence-corrected chi connectivity index (χ3v) is 3.23. The van der Waals surface area contributed by atoms with Gasteiger partial charge in [-0.1, -0.05) is 6.42 Å². The van der Waals surface area contributed by atoms with E-state index in [1.54, 1.807) is 27.7 Å². The summed E-state index contributed by atoms with van der Waals surface area (Å²) in [7, 11) is 0. The molecule has 1 fully saturated rings. The smallest absolute Gasteiger partial charge is 0.422 e. The largest absolute Gasteiger partial charge is 0.443 e. The average Bonchev–Trinajstić information content (AvgIpc) is 2.37. The molecule has 1 heterocycles. The Balaban J connectivity index is 2.38. The Kier molecular flexibility index (Phi) is 6.03. The summed E-state index contributed by atoms with van der Waals surface area (Å²) in [5.74, 6) is 0.105. The molecule has 0 aromatic heterocycles. The first-order valence-corrected chi connectivity index (χ1v) is 7.17. The van der Waals surface area contributed by atoms with Gasteiger partial charge in [0.2, 0.25) is 5.91 Å². The van der Waals surface area contributed by atoms with E-state index in [1.807, 2.05) is 4.90 Å². The van der Waals surface area contributed by atoms with E-state index in [2.05, 4.69) is 10.9 Å². The van der Waals surface area contributed by atoms with Gasteiger partial charge in [-0.05, 0) is 20.8 Å². The zero-order valence-electron chi connectivity index (χ0n) is 13.4. The summed E-state index contributed by atoms with van der Waals surface area (Å²) in [5.41, 5.74) is -0.556. The van der Waals surface area contributed by atoms with Gasteiger partial charge in [-0.3, -0.25) is 9.69 Å². The van der Waals surface area contributed by atoms with E-state index in [0.717, 1.165) is 26.2 Å². The number of terminal acetylenes is 1. The lowest BCUT2D eigenvalue weighted by Crippen LogP contribution is -2.50. The number of nitrogens with zero attached hydrogens (tertiary/aromatic N) is 3. The van der Waals surface area contributed by atoms with Gasteiger partial charge in [0, 0.05) is 45.7 Å². The highest BCUT2D eigenvalue weighted by atomic mass is 16.6. The minimum atomic E-state index is -0.556. The monoisotopic (exact) mass is 295 g/mol. The van der Waals surface area contributed by atoms with E-state index in [4.69, 9.17) is 11.2 Å². The summed E-state index contributed by atoms with van der Waals surface area (Å²) >= 11 is 0. The first-order chi connectivity index (χ1) is 9.73. The van der Waals surface area contributed by atoms with Crippen LogP contribution in [0.2, 0.25) is 0 Å². The fourth-order valence-corrected chi connectivity index (χ4v) is 2.05. The molecule has 1 saturated heterocycles. The van der Waals surface area contributed by atoms with Gasteiger partial charge >= 0.3 is 6.09 Å². The molecule has 0 spiro atoms. The first kappa shape index (κ1) is 17.3. The van der Waals surface area contributed by atoms with Crippen molar-refractivity contribution in [3.05, 3.63) is 0 Å². The van der Waals surface area contributed by atoms with Gasteiger partial charge in [0.15, 0.2) is 0 Å². The Morgan fingerprint density at radius 2 is 1.81 bits per heavy atom. The van der Waals surface area contributed by atoms with E-state index in [9.17, 15) is 9.59 Å². The normalized spacial score (nSPS) is 16.2. The van der Waals surface area contributed by atoms with Crippen LogP contribution >= 0.6 is 0 Å². The van der Waals surface area contributed by atoms with Gasteiger partial charge in [0.1, 0.15) is 5.60 Å². The van der Waals surface area contributed by atoms with Crippen molar-refractivity contribution in [2.75, 3.05) is 39.3 Å². The predicted octanol–water partition coefficient (Wildman–Crippen LogP) is 0.978. The Labute approximate surface area is 127 Å². The van der Waals surface area contributed by atoms with Gasteiger partial charge < -0.3 is 9.64 Å². The lowest BCUT2D eigenvalue weighted by atomic mass is 10.2. The maximum atomic E-state index is 11.9. The van der Waals surface area contributed by atoms with E-state index in [0.29, 0.717) is 13.1 Å². The van der Waals surface area contributed by atoms with Gasteiger partial charge in [-0.15, -0.1) is 0 Å². The Bertz CT molecular complexity index is 415. The van der Waals surface area contributed by atoms with Crippen LogP contribution in [0.1, 0.15) is 27.7 Å². The van der Waals surface area contributed by atoms with Crippen molar-refractivity contribution in [3.63, 3.8) is 0 Å². The molecule has 0 N–H and O–H groups in total. The molecule has 1 aliphatic rings. The molecule has 2 amide bonds. The molecule has 0 atom stereocenters. The van der Waals surface area contributed by atoms with Crippen LogP contribution in [0, 0.1) is 12.5 Å². The molecular formula is C15H25N3O3. The summed E-state index contributed by atoms with van der Waals surface area (Å²) in [4.78, 5) is 28.4. The molecule has 6 heteroatoms. The number of carbonyl (C=O) groups excluding carboxylic acids is 2. The number of carbonyl (C=O) groups is 2. The van der Waals surface area contributed by atoms with Crippen LogP contribution in [0.4, 0.5) is 4.79 Å². The molecule has 0 unspecified atom stereocenters. The molecule has 0 radical (unpaired) electrons. The molecule has 0 aliphatic carbocycles. The molecule has 1 rings (SSSR count). The molecule has 0 aromatic rings. The van der Waals surface area contributed by atoms with Crippen LogP contribution in [-0.2, 0) is 9.53 Å². The number of hydrogen-bond donors (Lipinski definition) is 0. The van der Waals surface area contributed by atoms with E-state index >= 15 is 0 Å². The summed E-state index contributed by atoms with van der Waals surface area (Å²) in [6.07, 6.45) is 4.88. The molecule has 21 heavy (non-hydrogen) atoms. The third-order valence-electron chi connectivity index (χ3n) is 3.23. The van der Waals surface area contributed by atoms with Crippen LogP contribution in [-0.4, -0.2) is 71.6 Å². The van der Waals surface area contributed by atoms with Gasteiger partial charge in [-0.2, -0.15) is 0 Å². The van der Waals surface area contributed by atoms with Gasteiger partial charge in [0.25, 0.3) is 0 Å². The maximum Gasteiger partial charge on any atom is 0.422 e. The highest BCUT2D eigenvalue weighted by Gasteiger charge is 2.23. The lowest BCUT2D eigenvalue weighted by molar-refractivity contribution is -0.130. The zero-order valence-corrected chi connectivity index (χ0v) is 13.4. The number of hydrogen-bond acceptors (Lipinski definition) is 4. The molecule has 0 bridgehead atoms. The van der Waals surface area contributed by atoms with Crippen LogP contribution in [0.3, 0.4) is 0 Å². The van der Waals surface area contributed by atoms with Crippen molar-refractivity contribution in [1.29, 1.82) is 0 Å². The van der Waals surface area contributed by atoms with Crippen LogP contribution in [0.15, 0.2) is 0 Å². The van der Waals surface area contributed by atoms with Crippen molar-refractivity contribution in [2.45, 2.75) is 33.3 Å². The van der Waals surface area contributed by atoms with Crippen LogP contribution < -0.4 is 0 Å². The Morgan fingerprint density at radius 1 is 1.24 bits per heavy atom. The molecule has 118 valence electrons. The van der Waals surface area contributed by atoms with Gasteiger partial charge in [0.05, 0.1) is 6.54 Å². The van der Waals surface area contributed by atoms with Crippen molar-refractivity contribution in [1.82, 2.24) is 14.7 Å². The van der Waals surface area contributed by atoms with Crippen molar-refractivity contribution >= 4 is 12.0 Å². The first-order valence-electron chi connectivity index (χ1n) is 7.17. The molecule has 6 nitrogen and oxygen atoms in total. The SMILES string of the molecule is C#CN(CCN1CCN(C(C)=O)CC1)C(=O)OC(C)(C)C. The quantitative estimate of drug-likeness (QED) is 0.575. The summed E-state index contributed by atoms with van der Waals surface area (Å²) in [6.45, 7) is 11.1.